The van der Waals surface area contributed by atoms with Crippen molar-refractivity contribution in [1.29, 1.82) is 0 Å². The van der Waals surface area contributed by atoms with E-state index in [1.165, 1.54) is 11.0 Å². The smallest absolute Gasteiger partial charge is 0.352 e. The van der Waals surface area contributed by atoms with E-state index in [2.05, 4.69) is 12.2 Å². The minimum Gasteiger partial charge on any atom is -0.477 e. The number of allylic oxidation sites excluding steroid dienone is 4. The molecule has 2 heterocycles. The molecule has 2 aliphatic heterocycles. The maximum atomic E-state index is 12.3. The monoisotopic (exact) mass is 259 g/mol. The Bertz CT molecular complexity index is 504. The van der Waals surface area contributed by atoms with Gasteiger partial charge in [0.05, 0.1) is 6.04 Å². The number of fused-ring (bicyclic) bond motifs is 3. The first-order valence-corrected chi connectivity index (χ1v) is 6.77. The summed E-state index contributed by atoms with van der Waals surface area (Å²) >= 11 is 0. The van der Waals surface area contributed by atoms with Crippen molar-refractivity contribution >= 4 is 11.9 Å². The molecule has 1 fully saturated rings. The first-order chi connectivity index (χ1) is 9.18. The summed E-state index contributed by atoms with van der Waals surface area (Å²) in [5.41, 5.74) is 0.118. The predicted octanol–water partition coefficient (Wildman–Crippen LogP) is 2.10. The summed E-state index contributed by atoms with van der Waals surface area (Å²) < 4.78 is 0. The summed E-state index contributed by atoms with van der Waals surface area (Å²) in [5, 5.41) is 9.27. The number of carboxylic acids is 1. The summed E-state index contributed by atoms with van der Waals surface area (Å²) in [6.07, 6.45) is 12.9. The summed E-state index contributed by atoms with van der Waals surface area (Å²) in [5.74, 6) is -0.248. The van der Waals surface area contributed by atoms with Crippen molar-refractivity contribution in [3.05, 3.63) is 36.1 Å². The van der Waals surface area contributed by atoms with Gasteiger partial charge in [0.15, 0.2) is 0 Å². The standard InChI is InChI=1S/C15H17NO3/c17-14-9-8-10-4-1-2-5-11(10)12-6-3-7-13(15(18)19)16(12)14/h1-3,6-7,10-12H,4-5,8-9H2,(H,18,19). The molecule has 3 rings (SSSR count). The number of aliphatic carboxylic acids is 1. The molecule has 1 aliphatic carbocycles. The average molecular weight is 259 g/mol. The molecule has 100 valence electrons. The van der Waals surface area contributed by atoms with Crippen LogP contribution in [0.2, 0.25) is 0 Å². The molecular weight excluding hydrogens is 242 g/mol. The Morgan fingerprint density at radius 3 is 2.89 bits per heavy atom. The van der Waals surface area contributed by atoms with Crippen molar-refractivity contribution in [2.45, 2.75) is 31.7 Å². The van der Waals surface area contributed by atoms with Crippen molar-refractivity contribution in [2.24, 2.45) is 11.8 Å². The van der Waals surface area contributed by atoms with Gasteiger partial charge in [-0.1, -0.05) is 24.3 Å². The third-order valence-electron chi connectivity index (χ3n) is 4.39. The summed E-state index contributed by atoms with van der Waals surface area (Å²) in [6.45, 7) is 0. The summed E-state index contributed by atoms with van der Waals surface area (Å²) in [6, 6.07) is -0.0963. The third-order valence-corrected chi connectivity index (χ3v) is 4.39. The van der Waals surface area contributed by atoms with Gasteiger partial charge in [0.1, 0.15) is 5.70 Å². The Balaban J connectivity index is 1.99. The van der Waals surface area contributed by atoms with Crippen LogP contribution in [0.4, 0.5) is 0 Å². The molecule has 3 aliphatic rings. The number of rotatable bonds is 1. The Kier molecular flexibility index (Phi) is 3.01. The zero-order valence-electron chi connectivity index (χ0n) is 10.7. The maximum absolute atomic E-state index is 12.3. The number of carbonyl (C=O) groups excluding carboxylic acids is 1. The lowest BCUT2D eigenvalue weighted by Gasteiger charge is -2.38. The highest BCUT2D eigenvalue weighted by atomic mass is 16.4. The van der Waals surface area contributed by atoms with Crippen molar-refractivity contribution < 1.29 is 14.7 Å². The average Bonchev–Trinajstić information content (AvgIpc) is 2.57. The van der Waals surface area contributed by atoms with E-state index in [0.717, 1.165) is 19.3 Å². The van der Waals surface area contributed by atoms with E-state index in [9.17, 15) is 14.7 Å². The molecule has 3 unspecified atom stereocenters. The molecule has 1 saturated heterocycles. The molecule has 0 aromatic carbocycles. The maximum Gasteiger partial charge on any atom is 0.352 e. The number of hydrogen-bond acceptors (Lipinski definition) is 2. The van der Waals surface area contributed by atoms with E-state index >= 15 is 0 Å². The van der Waals surface area contributed by atoms with Crippen LogP contribution < -0.4 is 0 Å². The first-order valence-electron chi connectivity index (χ1n) is 6.77. The van der Waals surface area contributed by atoms with Crippen LogP contribution in [0, 0.1) is 11.8 Å². The fourth-order valence-corrected chi connectivity index (χ4v) is 3.47. The Morgan fingerprint density at radius 2 is 2.11 bits per heavy atom. The molecule has 0 bridgehead atoms. The highest BCUT2D eigenvalue weighted by Gasteiger charge is 2.41. The molecule has 4 heteroatoms. The lowest BCUT2D eigenvalue weighted by molar-refractivity contribution is -0.140. The molecule has 3 atom stereocenters. The quantitative estimate of drug-likeness (QED) is 0.734. The number of hydrogen-bond donors (Lipinski definition) is 1. The van der Waals surface area contributed by atoms with Crippen LogP contribution in [-0.2, 0) is 9.59 Å². The molecule has 1 N–H and O–H groups in total. The molecule has 19 heavy (non-hydrogen) atoms. The largest absolute Gasteiger partial charge is 0.477 e. The predicted molar refractivity (Wildman–Crippen MR) is 70.1 cm³/mol. The van der Waals surface area contributed by atoms with Gasteiger partial charge in [0, 0.05) is 6.42 Å². The van der Waals surface area contributed by atoms with Gasteiger partial charge < -0.3 is 5.11 Å². The molecule has 0 aromatic rings. The topological polar surface area (TPSA) is 57.6 Å². The molecule has 0 radical (unpaired) electrons. The second kappa shape index (κ2) is 4.68. The Labute approximate surface area is 112 Å². The molecule has 0 spiro atoms. The second-order valence-corrected chi connectivity index (χ2v) is 5.40. The van der Waals surface area contributed by atoms with Gasteiger partial charge in [-0.25, -0.2) is 4.79 Å². The summed E-state index contributed by atoms with van der Waals surface area (Å²) in [4.78, 5) is 25.1. The van der Waals surface area contributed by atoms with Gasteiger partial charge in [-0.2, -0.15) is 0 Å². The fourth-order valence-electron chi connectivity index (χ4n) is 3.47. The highest BCUT2D eigenvalue weighted by Crippen LogP contribution is 2.39. The van der Waals surface area contributed by atoms with E-state index in [0.29, 0.717) is 18.3 Å². The zero-order chi connectivity index (χ0) is 13.4. The van der Waals surface area contributed by atoms with Gasteiger partial charge in [0.2, 0.25) is 5.91 Å². The summed E-state index contributed by atoms with van der Waals surface area (Å²) in [7, 11) is 0. The van der Waals surface area contributed by atoms with Crippen LogP contribution in [0.25, 0.3) is 0 Å². The minimum atomic E-state index is -1.02. The van der Waals surface area contributed by atoms with Crippen LogP contribution in [0.5, 0.6) is 0 Å². The third kappa shape index (κ3) is 2.01. The number of carbonyl (C=O) groups is 2. The highest BCUT2D eigenvalue weighted by molar-refractivity contribution is 5.94. The van der Waals surface area contributed by atoms with Gasteiger partial charge in [0.25, 0.3) is 0 Å². The van der Waals surface area contributed by atoms with Crippen molar-refractivity contribution in [2.75, 3.05) is 0 Å². The Hall–Kier alpha value is -1.84. The van der Waals surface area contributed by atoms with Gasteiger partial charge >= 0.3 is 5.97 Å². The van der Waals surface area contributed by atoms with E-state index in [-0.39, 0.29) is 17.6 Å². The fraction of sp³-hybridized carbons (Fsp3) is 0.467. The SMILES string of the molecule is O=C(O)C1=CC=CC2C3CC=CCC3CCC(=O)N12. The van der Waals surface area contributed by atoms with Crippen molar-refractivity contribution in [1.82, 2.24) is 4.90 Å². The first kappa shape index (κ1) is 12.2. The van der Waals surface area contributed by atoms with Crippen LogP contribution in [0.15, 0.2) is 36.1 Å². The molecule has 4 nitrogen and oxygen atoms in total. The molecule has 0 saturated carbocycles. The lowest BCUT2D eigenvalue weighted by Crippen LogP contribution is -2.45. The van der Waals surface area contributed by atoms with E-state index in [1.807, 2.05) is 6.08 Å². The van der Waals surface area contributed by atoms with E-state index in [4.69, 9.17) is 0 Å². The van der Waals surface area contributed by atoms with E-state index < -0.39 is 5.97 Å². The number of amides is 1. The molecular formula is C15H17NO3. The lowest BCUT2D eigenvalue weighted by atomic mass is 9.76. The zero-order valence-corrected chi connectivity index (χ0v) is 10.7. The minimum absolute atomic E-state index is 0.0580. The normalized spacial score (nSPS) is 33.3. The van der Waals surface area contributed by atoms with Gasteiger partial charge in [-0.05, 0) is 37.2 Å². The van der Waals surface area contributed by atoms with Crippen molar-refractivity contribution in [3.63, 3.8) is 0 Å². The van der Waals surface area contributed by atoms with E-state index in [1.54, 1.807) is 6.08 Å². The van der Waals surface area contributed by atoms with Crippen LogP contribution >= 0.6 is 0 Å². The van der Waals surface area contributed by atoms with Crippen molar-refractivity contribution in [3.8, 4) is 0 Å². The Morgan fingerprint density at radius 1 is 1.32 bits per heavy atom. The van der Waals surface area contributed by atoms with Gasteiger partial charge in [-0.15, -0.1) is 0 Å². The molecule has 1 amide bonds. The number of carboxylic acid groups (broad SMARTS) is 1. The number of nitrogens with zero attached hydrogens (tertiary/aromatic N) is 1. The molecule has 0 aromatic heterocycles. The van der Waals surface area contributed by atoms with Crippen LogP contribution in [0.3, 0.4) is 0 Å². The second-order valence-electron chi connectivity index (χ2n) is 5.40. The van der Waals surface area contributed by atoms with Crippen LogP contribution in [0.1, 0.15) is 25.7 Å². The van der Waals surface area contributed by atoms with Crippen LogP contribution in [-0.4, -0.2) is 27.9 Å². The van der Waals surface area contributed by atoms with Gasteiger partial charge in [-0.3, -0.25) is 9.69 Å².